The van der Waals surface area contributed by atoms with E-state index in [9.17, 15) is 5.26 Å². The SMILES string of the molecule is Cc1ccc2c3ccccc3n(-c3ccc4sc5ccc(-n6c7ccccc7c7ccc(C#N)cc76)cc5c4c3)c2c1. The summed E-state index contributed by atoms with van der Waals surface area (Å²) in [5.74, 6) is 0. The molecule has 0 atom stereocenters. The van der Waals surface area contributed by atoms with Gasteiger partial charge in [-0.2, -0.15) is 5.26 Å². The molecule has 0 bridgehead atoms. The fourth-order valence-electron chi connectivity index (χ4n) is 6.71. The monoisotopic (exact) mass is 553 g/mol. The molecule has 0 fully saturated rings. The summed E-state index contributed by atoms with van der Waals surface area (Å²) in [5.41, 5.74) is 8.83. The molecule has 0 unspecified atom stereocenters. The Bertz CT molecular complexity index is 2600. The van der Waals surface area contributed by atoms with Gasteiger partial charge in [-0.1, -0.05) is 54.6 Å². The molecule has 3 nitrogen and oxygen atoms in total. The quantitative estimate of drug-likeness (QED) is 0.210. The molecule has 0 amide bonds. The van der Waals surface area contributed by atoms with Crippen LogP contribution in [0.25, 0.3) is 75.2 Å². The van der Waals surface area contributed by atoms with Crippen molar-refractivity contribution in [3.8, 4) is 17.4 Å². The van der Waals surface area contributed by atoms with Crippen molar-refractivity contribution < 1.29 is 0 Å². The van der Waals surface area contributed by atoms with Crippen LogP contribution in [0.3, 0.4) is 0 Å². The molecule has 0 spiro atoms. The van der Waals surface area contributed by atoms with Crippen molar-refractivity contribution in [1.29, 1.82) is 5.26 Å². The van der Waals surface area contributed by atoms with Crippen LogP contribution in [0.2, 0.25) is 0 Å². The van der Waals surface area contributed by atoms with Gasteiger partial charge in [-0.3, -0.25) is 0 Å². The second kappa shape index (κ2) is 8.57. The van der Waals surface area contributed by atoms with Gasteiger partial charge in [0.25, 0.3) is 0 Å². The number of para-hydroxylation sites is 2. The third-order valence-electron chi connectivity index (χ3n) is 8.58. The highest BCUT2D eigenvalue weighted by atomic mass is 32.1. The van der Waals surface area contributed by atoms with Gasteiger partial charge in [-0.05, 0) is 79.2 Å². The molecule has 9 aromatic rings. The van der Waals surface area contributed by atoms with Crippen molar-refractivity contribution in [3.63, 3.8) is 0 Å². The number of aryl methyl sites for hydroxylation is 1. The van der Waals surface area contributed by atoms with Crippen LogP contribution in [0, 0.1) is 18.3 Å². The number of fused-ring (bicyclic) bond motifs is 9. The summed E-state index contributed by atoms with van der Waals surface area (Å²) in [6.45, 7) is 2.16. The third-order valence-corrected chi connectivity index (χ3v) is 9.74. The van der Waals surface area contributed by atoms with Crippen LogP contribution < -0.4 is 0 Å². The molecular formula is C38H23N3S. The van der Waals surface area contributed by atoms with Crippen LogP contribution >= 0.6 is 11.3 Å². The van der Waals surface area contributed by atoms with Gasteiger partial charge in [-0.15, -0.1) is 11.3 Å². The maximum absolute atomic E-state index is 9.66. The lowest BCUT2D eigenvalue weighted by Gasteiger charge is -2.10. The summed E-state index contributed by atoms with van der Waals surface area (Å²) in [6, 6.07) is 45.9. The zero-order valence-corrected chi connectivity index (χ0v) is 23.6. The van der Waals surface area contributed by atoms with E-state index in [2.05, 4.69) is 131 Å². The Labute approximate surface area is 245 Å². The Morgan fingerprint density at radius 1 is 0.500 bits per heavy atom. The lowest BCUT2D eigenvalue weighted by molar-refractivity contribution is 1.18. The van der Waals surface area contributed by atoms with Crippen LogP contribution in [0.15, 0.2) is 121 Å². The van der Waals surface area contributed by atoms with Gasteiger partial charge in [0.2, 0.25) is 0 Å². The molecule has 196 valence electrons. The zero-order chi connectivity index (χ0) is 27.9. The van der Waals surface area contributed by atoms with Gasteiger partial charge in [0.1, 0.15) is 0 Å². The molecule has 0 N–H and O–H groups in total. The Morgan fingerprint density at radius 2 is 1.02 bits per heavy atom. The van der Waals surface area contributed by atoms with Crippen molar-refractivity contribution in [2.75, 3.05) is 0 Å². The molecule has 0 aliphatic heterocycles. The van der Waals surface area contributed by atoms with E-state index in [1.54, 1.807) is 0 Å². The summed E-state index contributed by atoms with van der Waals surface area (Å²) in [4.78, 5) is 0. The number of aromatic nitrogens is 2. The summed E-state index contributed by atoms with van der Waals surface area (Å²) < 4.78 is 7.24. The number of nitrogens with zero attached hydrogens (tertiary/aromatic N) is 3. The molecule has 0 aliphatic rings. The standard InChI is InChI=1S/C38H23N3S/c1-23-10-14-29-27-6-2-4-8-33(27)40(35(29)18-23)25-12-16-37-31(20-25)32-21-26(13-17-38(32)42-37)41-34-9-5-3-7-28(34)30-15-11-24(22-39)19-36(30)41/h2-21H,1H3. The van der Waals surface area contributed by atoms with Gasteiger partial charge in [0.15, 0.2) is 0 Å². The van der Waals surface area contributed by atoms with Crippen LogP contribution in [-0.4, -0.2) is 9.13 Å². The fraction of sp³-hybridized carbons (Fsp3) is 0.0263. The number of hydrogen-bond donors (Lipinski definition) is 0. The average Bonchev–Trinajstić information content (AvgIpc) is 3.67. The molecule has 42 heavy (non-hydrogen) atoms. The van der Waals surface area contributed by atoms with Crippen LogP contribution in [0.1, 0.15) is 11.1 Å². The second-order valence-corrected chi connectivity index (χ2v) is 12.1. The smallest absolute Gasteiger partial charge is 0.0992 e. The number of thiophene rings is 1. The largest absolute Gasteiger partial charge is 0.309 e. The van der Waals surface area contributed by atoms with Crippen LogP contribution in [0.5, 0.6) is 0 Å². The minimum absolute atomic E-state index is 0.666. The molecule has 6 aromatic carbocycles. The highest BCUT2D eigenvalue weighted by molar-refractivity contribution is 7.25. The van der Waals surface area contributed by atoms with Gasteiger partial charge in [0.05, 0.1) is 33.7 Å². The normalized spacial score (nSPS) is 11.9. The van der Waals surface area contributed by atoms with E-state index in [1.807, 2.05) is 23.5 Å². The summed E-state index contributed by atoms with van der Waals surface area (Å²) in [7, 11) is 0. The van der Waals surface area contributed by atoms with Crippen molar-refractivity contribution in [1.82, 2.24) is 9.13 Å². The van der Waals surface area contributed by atoms with Crippen molar-refractivity contribution >= 4 is 75.1 Å². The van der Waals surface area contributed by atoms with E-state index in [4.69, 9.17) is 0 Å². The molecule has 0 aliphatic carbocycles. The van der Waals surface area contributed by atoms with E-state index in [1.165, 1.54) is 58.6 Å². The molecule has 3 aromatic heterocycles. The van der Waals surface area contributed by atoms with Gasteiger partial charge < -0.3 is 9.13 Å². The Hall–Kier alpha value is -5.37. The van der Waals surface area contributed by atoms with E-state index in [-0.39, 0.29) is 0 Å². The van der Waals surface area contributed by atoms with E-state index < -0.39 is 0 Å². The predicted octanol–water partition coefficient (Wildman–Crippen LogP) is 10.4. The third kappa shape index (κ3) is 3.20. The Kier molecular flexibility index (Phi) is 4.76. The zero-order valence-electron chi connectivity index (χ0n) is 22.8. The summed E-state index contributed by atoms with van der Waals surface area (Å²) >= 11 is 1.84. The molecule has 3 heterocycles. The van der Waals surface area contributed by atoms with Crippen LogP contribution in [-0.2, 0) is 0 Å². The first-order valence-electron chi connectivity index (χ1n) is 14.1. The van der Waals surface area contributed by atoms with Gasteiger partial charge in [0, 0.05) is 53.1 Å². The van der Waals surface area contributed by atoms with Gasteiger partial charge in [-0.25, -0.2) is 0 Å². The number of hydrogen-bond acceptors (Lipinski definition) is 2. The van der Waals surface area contributed by atoms with Crippen molar-refractivity contribution in [3.05, 3.63) is 132 Å². The van der Waals surface area contributed by atoms with Crippen molar-refractivity contribution in [2.45, 2.75) is 6.92 Å². The first kappa shape index (κ1) is 23.3. The van der Waals surface area contributed by atoms with E-state index in [0.717, 1.165) is 22.1 Å². The Balaban J connectivity index is 1.32. The first-order chi connectivity index (χ1) is 20.7. The maximum Gasteiger partial charge on any atom is 0.0992 e. The molecular weight excluding hydrogens is 531 g/mol. The van der Waals surface area contributed by atoms with E-state index >= 15 is 0 Å². The van der Waals surface area contributed by atoms with E-state index in [0.29, 0.717) is 5.56 Å². The minimum atomic E-state index is 0.666. The average molecular weight is 554 g/mol. The fourth-order valence-corrected chi connectivity index (χ4v) is 7.78. The molecule has 4 heteroatoms. The van der Waals surface area contributed by atoms with Crippen LogP contribution in [0.4, 0.5) is 0 Å². The van der Waals surface area contributed by atoms with Gasteiger partial charge >= 0.3 is 0 Å². The first-order valence-corrected chi connectivity index (χ1v) is 14.9. The lowest BCUT2D eigenvalue weighted by atomic mass is 10.1. The summed E-state index contributed by atoms with van der Waals surface area (Å²) in [6.07, 6.45) is 0. The minimum Gasteiger partial charge on any atom is -0.309 e. The molecule has 0 saturated heterocycles. The number of nitriles is 1. The lowest BCUT2D eigenvalue weighted by Crippen LogP contribution is -1.94. The number of benzene rings is 6. The molecule has 0 radical (unpaired) electrons. The highest BCUT2D eigenvalue weighted by Crippen LogP contribution is 2.40. The summed E-state index contributed by atoms with van der Waals surface area (Å²) in [5, 5.41) is 17.1. The maximum atomic E-state index is 9.66. The Morgan fingerprint density at radius 3 is 1.62 bits per heavy atom. The molecule has 0 saturated carbocycles. The molecule has 9 rings (SSSR count). The number of rotatable bonds is 2. The highest BCUT2D eigenvalue weighted by Gasteiger charge is 2.16. The predicted molar refractivity (Wildman–Crippen MR) is 177 cm³/mol. The van der Waals surface area contributed by atoms with Crippen molar-refractivity contribution in [2.24, 2.45) is 0 Å². The second-order valence-electron chi connectivity index (χ2n) is 11.0. The topological polar surface area (TPSA) is 33.6 Å².